The highest BCUT2D eigenvalue weighted by molar-refractivity contribution is 5.96. The Morgan fingerprint density at radius 3 is 2.74 bits per heavy atom. The van der Waals surface area contributed by atoms with E-state index in [4.69, 9.17) is 14.9 Å². The molecule has 0 unspecified atom stereocenters. The fourth-order valence-electron chi connectivity index (χ4n) is 4.07. The van der Waals surface area contributed by atoms with Gasteiger partial charge < -0.3 is 25.5 Å². The summed E-state index contributed by atoms with van der Waals surface area (Å²) < 4.78 is 42.1. The van der Waals surface area contributed by atoms with Gasteiger partial charge in [-0.05, 0) is 37.3 Å². The number of amides is 1. The fraction of sp³-hybridized carbons (Fsp3) is 0.400. The third-order valence-electron chi connectivity index (χ3n) is 5.96. The minimum Gasteiger partial charge on any atom is -0.418 e. The number of hydrogen-bond donors (Lipinski definition) is 3. The first-order chi connectivity index (χ1) is 18.2. The van der Waals surface area contributed by atoms with Gasteiger partial charge in [-0.1, -0.05) is 13.8 Å². The molecule has 1 aliphatic rings. The lowest BCUT2D eigenvalue weighted by Gasteiger charge is -2.13. The predicted molar refractivity (Wildman–Crippen MR) is 134 cm³/mol. The quantitative estimate of drug-likeness (QED) is 0.282. The van der Waals surface area contributed by atoms with Crippen molar-refractivity contribution in [3.63, 3.8) is 0 Å². The van der Waals surface area contributed by atoms with Crippen LogP contribution < -0.4 is 16.4 Å². The number of benzene rings is 1. The van der Waals surface area contributed by atoms with Gasteiger partial charge in [-0.3, -0.25) is 4.79 Å². The van der Waals surface area contributed by atoms with Crippen molar-refractivity contribution in [1.82, 2.24) is 30.1 Å². The first-order valence-corrected chi connectivity index (χ1v) is 12.3. The van der Waals surface area contributed by atoms with Gasteiger partial charge in [-0.15, -0.1) is 10.2 Å². The maximum absolute atomic E-state index is 14.8. The molecule has 0 spiro atoms. The Bertz CT molecular complexity index is 1480. The molecule has 5 rings (SSSR count). The van der Waals surface area contributed by atoms with E-state index in [1.54, 1.807) is 10.7 Å². The first-order valence-electron chi connectivity index (χ1n) is 12.3. The molecule has 1 aliphatic carbocycles. The lowest BCUT2D eigenvalue weighted by molar-refractivity contribution is 0.0946. The molecule has 1 amide bonds. The van der Waals surface area contributed by atoms with Crippen molar-refractivity contribution >= 4 is 22.9 Å². The van der Waals surface area contributed by atoms with Crippen LogP contribution in [-0.2, 0) is 11.3 Å². The molecule has 4 N–H and O–H groups in total. The van der Waals surface area contributed by atoms with Gasteiger partial charge in [-0.25, -0.2) is 18.3 Å². The van der Waals surface area contributed by atoms with Crippen molar-refractivity contribution in [2.75, 3.05) is 11.9 Å². The Morgan fingerprint density at radius 1 is 1.24 bits per heavy atom. The molecule has 0 bridgehead atoms. The Balaban J connectivity index is 1.50. The van der Waals surface area contributed by atoms with Crippen molar-refractivity contribution in [3.05, 3.63) is 53.3 Å². The van der Waals surface area contributed by atoms with Crippen molar-refractivity contribution in [2.45, 2.75) is 58.2 Å². The van der Waals surface area contributed by atoms with Gasteiger partial charge in [0.25, 0.3) is 5.91 Å². The number of carbonyl (C=O) groups is 1. The monoisotopic (exact) mass is 526 g/mol. The average molecular weight is 527 g/mol. The van der Waals surface area contributed by atoms with Gasteiger partial charge in [0.2, 0.25) is 11.8 Å². The smallest absolute Gasteiger partial charge is 0.254 e. The first kappa shape index (κ1) is 25.7. The minimum absolute atomic E-state index is 0.0265. The SMILES string of the molecule is CC(C)c1c(-c2nnc(COC[C@H](C)N)o2)cn2ncnc(Nc3cc(C(=O)NC4CC4)c(F)cc3F)c12. The fourth-order valence-corrected chi connectivity index (χ4v) is 4.07. The number of ether oxygens (including phenoxy) is 1. The zero-order chi connectivity index (χ0) is 27.0. The molecule has 200 valence electrons. The summed E-state index contributed by atoms with van der Waals surface area (Å²) in [7, 11) is 0. The summed E-state index contributed by atoms with van der Waals surface area (Å²) in [6.45, 7) is 6.23. The highest BCUT2D eigenvalue weighted by Crippen LogP contribution is 2.37. The molecule has 1 fully saturated rings. The van der Waals surface area contributed by atoms with Gasteiger partial charge in [0, 0.05) is 24.3 Å². The van der Waals surface area contributed by atoms with Gasteiger partial charge in [0.1, 0.15) is 30.1 Å². The van der Waals surface area contributed by atoms with Gasteiger partial charge in [0.05, 0.1) is 23.4 Å². The summed E-state index contributed by atoms with van der Waals surface area (Å²) in [4.78, 5) is 16.8. The topological polar surface area (TPSA) is 145 Å². The lowest BCUT2D eigenvalue weighted by atomic mass is 10.00. The molecule has 4 aromatic rings. The summed E-state index contributed by atoms with van der Waals surface area (Å²) in [6, 6.07) is 1.73. The van der Waals surface area contributed by atoms with E-state index >= 15 is 0 Å². The van der Waals surface area contributed by atoms with Gasteiger partial charge in [-0.2, -0.15) is 5.10 Å². The van der Waals surface area contributed by atoms with Crippen LogP contribution in [0.4, 0.5) is 20.3 Å². The molecule has 13 heteroatoms. The van der Waals surface area contributed by atoms with E-state index in [2.05, 4.69) is 30.9 Å². The van der Waals surface area contributed by atoms with Crippen LogP contribution in [0, 0.1) is 11.6 Å². The minimum atomic E-state index is -0.941. The van der Waals surface area contributed by atoms with Crippen LogP contribution in [-0.4, -0.2) is 49.4 Å². The van der Waals surface area contributed by atoms with Crippen LogP contribution in [0.1, 0.15) is 61.3 Å². The Labute approximate surface area is 216 Å². The van der Waals surface area contributed by atoms with E-state index in [0.29, 0.717) is 29.6 Å². The molecule has 3 heterocycles. The second kappa shape index (κ2) is 10.4. The second-order valence-electron chi connectivity index (χ2n) is 9.69. The van der Waals surface area contributed by atoms with E-state index in [-0.39, 0.29) is 47.6 Å². The van der Waals surface area contributed by atoms with E-state index in [0.717, 1.165) is 24.5 Å². The second-order valence-corrected chi connectivity index (χ2v) is 9.69. The molecule has 0 radical (unpaired) electrons. The number of rotatable bonds is 10. The molecule has 0 saturated heterocycles. The van der Waals surface area contributed by atoms with E-state index in [1.807, 2.05) is 20.8 Å². The summed E-state index contributed by atoms with van der Waals surface area (Å²) in [5.41, 5.74) is 7.29. The summed E-state index contributed by atoms with van der Waals surface area (Å²) in [6.07, 6.45) is 4.70. The predicted octanol–water partition coefficient (Wildman–Crippen LogP) is 3.68. The van der Waals surface area contributed by atoms with Gasteiger partial charge >= 0.3 is 0 Å². The van der Waals surface area contributed by atoms with Crippen LogP contribution >= 0.6 is 0 Å². The largest absolute Gasteiger partial charge is 0.418 e. The number of halogens is 2. The molecule has 3 aromatic heterocycles. The zero-order valence-corrected chi connectivity index (χ0v) is 21.2. The molecular formula is C25H28F2N8O3. The van der Waals surface area contributed by atoms with Crippen molar-refractivity contribution < 1.29 is 22.7 Å². The molecule has 1 aromatic carbocycles. The van der Waals surface area contributed by atoms with Crippen LogP contribution in [0.3, 0.4) is 0 Å². The number of anilines is 2. The van der Waals surface area contributed by atoms with E-state index in [9.17, 15) is 13.6 Å². The molecule has 11 nitrogen and oxygen atoms in total. The maximum Gasteiger partial charge on any atom is 0.254 e. The van der Waals surface area contributed by atoms with Gasteiger partial charge in [0.15, 0.2) is 5.82 Å². The normalized spacial score (nSPS) is 14.3. The number of carbonyl (C=O) groups excluding carboxylic acids is 1. The van der Waals surface area contributed by atoms with E-state index in [1.165, 1.54) is 6.33 Å². The number of fused-ring (bicyclic) bond motifs is 1. The molecular weight excluding hydrogens is 498 g/mol. The summed E-state index contributed by atoms with van der Waals surface area (Å²) in [5, 5.41) is 18.1. The maximum atomic E-state index is 14.8. The Hall–Kier alpha value is -3.97. The molecule has 0 aliphatic heterocycles. The number of hydrogen-bond acceptors (Lipinski definition) is 9. The summed E-state index contributed by atoms with van der Waals surface area (Å²) in [5.74, 6) is -1.64. The third-order valence-corrected chi connectivity index (χ3v) is 5.96. The average Bonchev–Trinajstić information content (AvgIpc) is 3.38. The molecule has 1 atom stereocenters. The number of nitrogens with zero attached hydrogens (tertiary/aromatic N) is 5. The van der Waals surface area contributed by atoms with Crippen LogP contribution in [0.2, 0.25) is 0 Å². The van der Waals surface area contributed by atoms with Crippen molar-refractivity contribution in [1.29, 1.82) is 0 Å². The van der Waals surface area contributed by atoms with Crippen LogP contribution in [0.15, 0.2) is 29.1 Å². The molecule has 1 saturated carbocycles. The highest BCUT2D eigenvalue weighted by Gasteiger charge is 2.27. The number of nitrogens with one attached hydrogen (secondary N) is 2. The number of aromatic nitrogens is 5. The number of nitrogens with two attached hydrogens (primary N) is 1. The lowest BCUT2D eigenvalue weighted by Crippen LogP contribution is -2.26. The molecule has 38 heavy (non-hydrogen) atoms. The zero-order valence-electron chi connectivity index (χ0n) is 21.2. The van der Waals surface area contributed by atoms with Crippen LogP contribution in [0.5, 0.6) is 0 Å². The standard InChI is InChI=1S/C25H28F2N8O3/c1-12(2)21-16(25-34-33-20(38-25)10-37-9-13(3)28)8-35-22(21)23(29-11-30-35)32-19-6-15(17(26)7-18(19)27)24(36)31-14-4-5-14/h6-8,11-14H,4-5,9-10,28H2,1-3H3,(H,31,36)(H,29,30,32)/t13-/m0/s1. The van der Waals surface area contributed by atoms with E-state index < -0.39 is 17.5 Å². The highest BCUT2D eigenvalue weighted by atomic mass is 19.1. The third kappa shape index (κ3) is 5.34. The van der Waals surface area contributed by atoms with Crippen molar-refractivity contribution in [2.24, 2.45) is 5.73 Å². The Morgan fingerprint density at radius 2 is 2.03 bits per heavy atom. The van der Waals surface area contributed by atoms with Crippen molar-refractivity contribution in [3.8, 4) is 11.5 Å². The summed E-state index contributed by atoms with van der Waals surface area (Å²) >= 11 is 0. The van der Waals surface area contributed by atoms with Crippen LogP contribution in [0.25, 0.3) is 17.0 Å². The Kier molecular flexibility index (Phi) is 7.04.